The van der Waals surface area contributed by atoms with Crippen molar-refractivity contribution in [2.45, 2.75) is 17.4 Å². The highest BCUT2D eigenvalue weighted by molar-refractivity contribution is 7.89. The van der Waals surface area contributed by atoms with Crippen LogP contribution >= 0.6 is 34.8 Å². The summed E-state index contributed by atoms with van der Waals surface area (Å²) in [6, 6.07) is 16.6. The van der Waals surface area contributed by atoms with E-state index >= 15 is 0 Å². The van der Waals surface area contributed by atoms with Crippen LogP contribution in [0.5, 0.6) is 5.75 Å². The third kappa shape index (κ3) is 6.15. The molecule has 2 N–H and O–H groups in total. The quantitative estimate of drug-likeness (QED) is 0.434. The highest BCUT2D eigenvalue weighted by Gasteiger charge is 2.27. The van der Waals surface area contributed by atoms with Gasteiger partial charge in [-0.1, -0.05) is 65.1 Å². The number of sulfonamides is 1. The number of carbonyl (C=O) groups is 1. The van der Waals surface area contributed by atoms with E-state index in [1.54, 1.807) is 30.3 Å². The van der Waals surface area contributed by atoms with Crippen molar-refractivity contribution in [1.82, 2.24) is 4.72 Å². The van der Waals surface area contributed by atoms with Crippen molar-refractivity contribution in [2.75, 3.05) is 12.4 Å². The molecule has 0 radical (unpaired) electrons. The van der Waals surface area contributed by atoms with Crippen LogP contribution in [0.15, 0.2) is 71.6 Å². The number of rotatable bonds is 8. The molecule has 3 aromatic carbocycles. The lowest BCUT2D eigenvalue weighted by molar-refractivity contribution is -0.117. The number of carbonyl (C=O) groups excluding carboxylic acids is 1. The first-order valence-electron chi connectivity index (χ1n) is 9.35. The molecule has 6 nitrogen and oxygen atoms in total. The van der Waals surface area contributed by atoms with Gasteiger partial charge < -0.3 is 10.1 Å². The average Bonchev–Trinajstić information content (AvgIpc) is 2.76. The van der Waals surface area contributed by atoms with Crippen LogP contribution in [0.4, 0.5) is 5.69 Å². The molecule has 0 bridgehead atoms. The summed E-state index contributed by atoms with van der Waals surface area (Å²) in [6.07, 6.45) is 0.122. The summed E-state index contributed by atoms with van der Waals surface area (Å²) in [4.78, 5) is 12.9. The molecule has 0 aliphatic rings. The SMILES string of the molecule is COc1ccc(S(=O)(=O)N[C@H](Cc2ccccc2)C(=O)Nc2ccc(Cl)c(Cl)c2)cc1Cl. The largest absolute Gasteiger partial charge is 0.495 e. The number of anilines is 1. The molecule has 0 spiro atoms. The first-order chi connectivity index (χ1) is 15.2. The van der Waals surface area contributed by atoms with Crippen molar-refractivity contribution < 1.29 is 17.9 Å². The highest BCUT2D eigenvalue weighted by atomic mass is 35.5. The Bertz CT molecular complexity index is 1220. The van der Waals surface area contributed by atoms with Gasteiger partial charge in [0.1, 0.15) is 11.8 Å². The molecule has 0 saturated carbocycles. The Morgan fingerprint density at radius 1 is 0.938 bits per heavy atom. The zero-order valence-electron chi connectivity index (χ0n) is 16.8. The van der Waals surface area contributed by atoms with Crippen LogP contribution in [0, 0.1) is 0 Å². The van der Waals surface area contributed by atoms with Crippen molar-refractivity contribution in [3.05, 3.63) is 87.4 Å². The van der Waals surface area contributed by atoms with E-state index in [1.165, 1.54) is 37.4 Å². The number of amides is 1. The van der Waals surface area contributed by atoms with Crippen molar-refractivity contribution in [1.29, 1.82) is 0 Å². The van der Waals surface area contributed by atoms with Gasteiger partial charge in [-0.2, -0.15) is 4.72 Å². The normalized spacial score (nSPS) is 12.2. The molecule has 10 heteroatoms. The van der Waals surface area contributed by atoms with Gasteiger partial charge in [-0.3, -0.25) is 4.79 Å². The Balaban J connectivity index is 1.88. The molecule has 0 unspecified atom stereocenters. The number of benzene rings is 3. The summed E-state index contributed by atoms with van der Waals surface area (Å²) in [5.41, 5.74) is 1.16. The minimum Gasteiger partial charge on any atom is -0.495 e. The van der Waals surface area contributed by atoms with Gasteiger partial charge in [0.2, 0.25) is 15.9 Å². The number of ether oxygens (including phenoxy) is 1. The van der Waals surface area contributed by atoms with Gasteiger partial charge in [-0.15, -0.1) is 0 Å². The average molecular weight is 514 g/mol. The zero-order valence-corrected chi connectivity index (χ0v) is 19.9. The lowest BCUT2D eigenvalue weighted by Crippen LogP contribution is -2.45. The van der Waals surface area contributed by atoms with E-state index in [-0.39, 0.29) is 21.4 Å². The van der Waals surface area contributed by atoms with Gasteiger partial charge in [0.05, 0.1) is 27.1 Å². The number of halogens is 3. The van der Waals surface area contributed by atoms with Gasteiger partial charge in [-0.25, -0.2) is 8.42 Å². The van der Waals surface area contributed by atoms with E-state index in [0.717, 1.165) is 5.56 Å². The van der Waals surface area contributed by atoms with Gasteiger partial charge in [0, 0.05) is 5.69 Å². The first kappa shape index (κ1) is 24.4. The molecule has 3 rings (SSSR count). The number of hydrogen-bond donors (Lipinski definition) is 2. The minimum absolute atomic E-state index is 0.0938. The van der Waals surface area contributed by atoms with Crippen LogP contribution in [0.1, 0.15) is 5.56 Å². The Kier molecular flexibility index (Phi) is 8.03. The van der Waals surface area contributed by atoms with Crippen LogP contribution in [0.25, 0.3) is 0 Å². The molecule has 32 heavy (non-hydrogen) atoms. The first-order valence-corrected chi connectivity index (χ1v) is 12.0. The fourth-order valence-electron chi connectivity index (χ4n) is 2.91. The fraction of sp³-hybridized carbons (Fsp3) is 0.136. The summed E-state index contributed by atoms with van der Waals surface area (Å²) >= 11 is 18.0. The highest BCUT2D eigenvalue weighted by Crippen LogP contribution is 2.28. The van der Waals surface area contributed by atoms with Crippen LogP contribution in [-0.4, -0.2) is 27.5 Å². The Morgan fingerprint density at radius 2 is 1.66 bits per heavy atom. The lowest BCUT2D eigenvalue weighted by Gasteiger charge is -2.19. The molecule has 1 atom stereocenters. The summed E-state index contributed by atoms with van der Waals surface area (Å²) in [7, 11) is -2.65. The summed E-state index contributed by atoms with van der Waals surface area (Å²) in [5, 5.41) is 3.41. The predicted molar refractivity (Wildman–Crippen MR) is 127 cm³/mol. The van der Waals surface area contributed by atoms with Gasteiger partial charge >= 0.3 is 0 Å². The van der Waals surface area contributed by atoms with Crippen molar-refractivity contribution in [3.63, 3.8) is 0 Å². The molecule has 168 valence electrons. The van der Waals surface area contributed by atoms with E-state index in [9.17, 15) is 13.2 Å². The maximum atomic E-state index is 13.0. The van der Waals surface area contributed by atoms with E-state index < -0.39 is 22.0 Å². The smallest absolute Gasteiger partial charge is 0.242 e. The second kappa shape index (κ2) is 10.6. The number of nitrogens with one attached hydrogen (secondary N) is 2. The van der Waals surface area contributed by atoms with Crippen molar-refractivity contribution in [2.24, 2.45) is 0 Å². The zero-order chi connectivity index (χ0) is 23.3. The van der Waals surface area contributed by atoms with Crippen LogP contribution in [0.2, 0.25) is 15.1 Å². The molecule has 0 saturated heterocycles. The molecular weight excluding hydrogens is 495 g/mol. The molecule has 3 aromatic rings. The van der Waals surface area contributed by atoms with Crippen LogP contribution in [-0.2, 0) is 21.2 Å². The second-order valence-electron chi connectivity index (χ2n) is 6.78. The minimum atomic E-state index is -4.08. The topological polar surface area (TPSA) is 84.5 Å². The summed E-state index contributed by atoms with van der Waals surface area (Å²) in [6.45, 7) is 0. The number of methoxy groups -OCH3 is 1. The number of hydrogen-bond acceptors (Lipinski definition) is 4. The monoisotopic (exact) mass is 512 g/mol. The van der Waals surface area contributed by atoms with E-state index in [1.807, 2.05) is 6.07 Å². The lowest BCUT2D eigenvalue weighted by atomic mass is 10.1. The van der Waals surface area contributed by atoms with E-state index in [0.29, 0.717) is 16.5 Å². The van der Waals surface area contributed by atoms with Crippen molar-refractivity contribution in [3.8, 4) is 5.75 Å². The molecule has 0 heterocycles. The molecule has 1 amide bonds. The van der Waals surface area contributed by atoms with E-state index in [4.69, 9.17) is 39.5 Å². The Hall–Kier alpha value is -2.29. The third-order valence-electron chi connectivity index (χ3n) is 4.52. The van der Waals surface area contributed by atoms with Crippen LogP contribution < -0.4 is 14.8 Å². The molecule has 0 aliphatic carbocycles. The molecular formula is C22H19Cl3N2O4S. The van der Waals surface area contributed by atoms with E-state index in [2.05, 4.69) is 10.0 Å². The van der Waals surface area contributed by atoms with Gasteiger partial charge in [0.25, 0.3) is 0 Å². The summed E-state index contributed by atoms with van der Waals surface area (Å²) < 4.78 is 33.6. The molecule has 0 aromatic heterocycles. The summed E-state index contributed by atoms with van der Waals surface area (Å²) in [5.74, 6) is -0.223. The second-order valence-corrected chi connectivity index (χ2v) is 9.71. The van der Waals surface area contributed by atoms with Crippen molar-refractivity contribution >= 4 is 56.4 Å². The predicted octanol–water partition coefficient (Wildman–Crippen LogP) is 5.18. The standard InChI is InChI=1S/C22H19Cl3N2O4S/c1-31-21-10-8-16(13-19(21)25)32(29,30)27-20(11-14-5-3-2-4-6-14)22(28)26-15-7-9-17(23)18(24)12-15/h2-10,12-13,20,27H,11H2,1H3,(H,26,28)/t20-/m1/s1. The maximum Gasteiger partial charge on any atom is 0.242 e. The molecule has 0 fully saturated rings. The van der Waals surface area contributed by atoms with Gasteiger partial charge in [-0.05, 0) is 48.4 Å². The maximum absolute atomic E-state index is 13.0. The van der Waals surface area contributed by atoms with Crippen LogP contribution in [0.3, 0.4) is 0 Å². The van der Waals surface area contributed by atoms with Gasteiger partial charge in [0.15, 0.2) is 0 Å². The third-order valence-corrected chi connectivity index (χ3v) is 7.02. The Morgan fingerprint density at radius 3 is 2.28 bits per heavy atom. The fourth-order valence-corrected chi connectivity index (χ4v) is 4.75. The Labute approximate surface area is 201 Å². The molecule has 0 aliphatic heterocycles.